The molecule has 0 aliphatic rings. The fourth-order valence-corrected chi connectivity index (χ4v) is 2.95. The van der Waals surface area contributed by atoms with E-state index in [1.807, 2.05) is 49.4 Å². The molecule has 132 valence electrons. The highest BCUT2D eigenvalue weighted by Crippen LogP contribution is 2.17. The lowest BCUT2D eigenvalue weighted by Crippen LogP contribution is -2.31. The zero-order chi connectivity index (χ0) is 18.5. The summed E-state index contributed by atoms with van der Waals surface area (Å²) in [5.41, 5.74) is 3.44. The van der Waals surface area contributed by atoms with E-state index in [0.29, 0.717) is 23.7 Å². The van der Waals surface area contributed by atoms with Gasteiger partial charge in [0.15, 0.2) is 0 Å². The van der Waals surface area contributed by atoms with Crippen LogP contribution in [-0.2, 0) is 6.42 Å². The van der Waals surface area contributed by atoms with E-state index in [0.717, 1.165) is 16.7 Å². The molecule has 0 spiro atoms. The first-order chi connectivity index (χ1) is 12.5. The molecule has 1 aromatic heterocycles. The van der Waals surface area contributed by atoms with Crippen molar-refractivity contribution in [1.29, 1.82) is 0 Å². The smallest absolute Gasteiger partial charge is 0.261 e. The standard InChI is InChI=1S/C21H19ClN2O2/c1-14-4-2-6-16(12-14)19-9-8-18(21(26)24-19)20(25)23-11-10-15-5-3-7-17(22)13-15/h2-9,12-13H,10-11H2,1H3,(H,23,25)(H,24,26). The maximum atomic E-state index is 12.3. The number of rotatable bonds is 5. The van der Waals surface area contributed by atoms with Crippen LogP contribution in [0.3, 0.4) is 0 Å². The van der Waals surface area contributed by atoms with Crippen molar-refractivity contribution in [2.45, 2.75) is 13.3 Å². The predicted molar refractivity (Wildman–Crippen MR) is 105 cm³/mol. The summed E-state index contributed by atoms with van der Waals surface area (Å²) in [4.78, 5) is 27.3. The van der Waals surface area contributed by atoms with Crippen molar-refractivity contribution < 1.29 is 4.79 Å². The van der Waals surface area contributed by atoms with E-state index < -0.39 is 5.56 Å². The minimum atomic E-state index is -0.399. The number of hydrogen-bond acceptors (Lipinski definition) is 2. The third-order valence-electron chi connectivity index (χ3n) is 4.07. The molecule has 2 N–H and O–H groups in total. The van der Waals surface area contributed by atoms with E-state index in [9.17, 15) is 9.59 Å². The summed E-state index contributed by atoms with van der Waals surface area (Å²) in [6.07, 6.45) is 0.644. The molecular formula is C21H19ClN2O2. The zero-order valence-electron chi connectivity index (χ0n) is 14.4. The average Bonchev–Trinajstić information content (AvgIpc) is 2.61. The molecule has 0 aliphatic heterocycles. The first-order valence-corrected chi connectivity index (χ1v) is 8.74. The Balaban J connectivity index is 1.67. The lowest BCUT2D eigenvalue weighted by Gasteiger charge is -2.07. The Labute approximate surface area is 156 Å². The van der Waals surface area contributed by atoms with Crippen molar-refractivity contribution >= 4 is 17.5 Å². The van der Waals surface area contributed by atoms with Crippen LogP contribution in [0, 0.1) is 6.92 Å². The number of pyridine rings is 1. The summed E-state index contributed by atoms with van der Waals surface area (Å²) in [5, 5.41) is 3.44. The zero-order valence-corrected chi connectivity index (χ0v) is 15.1. The number of halogens is 1. The highest BCUT2D eigenvalue weighted by atomic mass is 35.5. The number of carbonyl (C=O) groups is 1. The first-order valence-electron chi connectivity index (χ1n) is 8.36. The molecule has 3 aromatic rings. The van der Waals surface area contributed by atoms with E-state index >= 15 is 0 Å². The van der Waals surface area contributed by atoms with Gasteiger partial charge < -0.3 is 10.3 Å². The van der Waals surface area contributed by atoms with Crippen LogP contribution >= 0.6 is 11.6 Å². The molecule has 1 amide bonds. The maximum Gasteiger partial charge on any atom is 0.261 e. The van der Waals surface area contributed by atoms with Gasteiger partial charge in [0.05, 0.1) is 0 Å². The Hall–Kier alpha value is -2.85. The number of amides is 1. The molecule has 2 aromatic carbocycles. The molecule has 0 atom stereocenters. The van der Waals surface area contributed by atoms with Crippen LogP contribution in [0.4, 0.5) is 0 Å². The number of carbonyl (C=O) groups excluding carboxylic acids is 1. The van der Waals surface area contributed by atoms with Gasteiger partial charge in [-0.3, -0.25) is 9.59 Å². The average molecular weight is 367 g/mol. The molecule has 0 unspecified atom stereocenters. The van der Waals surface area contributed by atoms with Crippen LogP contribution in [0.5, 0.6) is 0 Å². The molecular weight excluding hydrogens is 348 g/mol. The quantitative estimate of drug-likeness (QED) is 0.717. The van der Waals surface area contributed by atoms with Gasteiger partial charge in [0.2, 0.25) is 0 Å². The highest BCUT2D eigenvalue weighted by molar-refractivity contribution is 6.30. The second-order valence-electron chi connectivity index (χ2n) is 6.12. The number of H-pyrrole nitrogens is 1. The van der Waals surface area contributed by atoms with Crippen LogP contribution in [0.1, 0.15) is 21.5 Å². The van der Waals surface area contributed by atoms with Gasteiger partial charge in [-0.2, -0.15) is 0 Å². The second-order valence-corrected chi connectivity index (χ2v) is 6.56. The maximum absolute atomic E-state index is 12.3. The lowest BCUT2D eigenvalue weighted by molar-refractivity contribution is 0.0952. The summed E-state index contributed by atoms with van der Waals surface area (Å²) in [6, 6.07) is 18.6. The van der Waals surface area contributed by atoms with Gasteiger partial charge in [0.1, 0.15) is 5.56 Å². The van der Waals surface area contributed by atoms with Gasteiger partial charge in [-0.1, -0.05) is 47.5 Å². The van der Waals surface area contributed by atoms with E-state index in [1.54, 1.807) is 18.2 Å². The van der Waals surface area contributed by atoms with Crippen LogP contribution in [0.15, 0.2) is 65.5 Å². The predicted octanol–water partition coefficient (Wildman–Crippen LogP) is 3.98. The van der Waals surface area contributed by atoms with Crippen molar-refractivity contribution in [1.82, 2.24) is 10.3 Å². The van der Waals surface area contributed by atoms with Crippen molar-refractivity contribution in [3.8, 4) is 11.3 Å². The largest absolute Gasteiger partial charge is 0.352 e. The SMILES string of the molecule is Cc1cccc(-c2ccc(C(=O)NCCc3cccc(Cl)c3)c(=O)[nH]2)c1. The molecule has 1 heterocycles. The topological polar surface area (TPSA) is 62.0 Å². The van der Waals surface area contributed by atoms with E-state index in [2.05, 4.69) is 10.3 Å². The van der Waals surface area contributed by atoms with Crippen LogP contribution < -0.4 is 10.9 Å². The molecule has 3 rings (SSSR count). The minimum absolute atomic E-state index is 0.104. The molecule has 0 aliphatic carbocycles. The monoisotopic (exact) mass is 366 g/mol. The van der Waals surface area contributed by atoms with E-state index in [1.165, 1.54) is 0 Å². The number of benzene rings is 2. The fourth-order valence-electron chi connectivity index (χ4n) is 2.74. The third kappa shape index (κ3) is 4.41. The van der Waals surface area contributed by atoms with Gasteiger partial charge in [-0.15, -0.1) is 0 Å². The number of hydrogen-bond donors (Lipinski definition) is 2. The number of aromatic amines is 1. The van der Waals surface area contributed by atoms with Crippen LogP contribution in [0.25, 0.3) is 11.3 Å². The molecule has 5 heteroatoms. The van der Waals surface area contributed by atoms with Crippen molar-refractivity contribution in [3.63, 3.8) is 0 Å². The van der Waals surface area contributed by atoms with Crippen molar-refractivity contribution in [2.75, 3.05) is 6.54 Å². The molecule has 0 fully saturated rings. The molecule has 0 bridgehead atoms. The Morgan fingerprint density at radius 3 is 2.62 bits per heavy atom. The number of nitrogens with one attached hydrogen (secondary N) is 2. The highest BCUT2D eigenvalue weighted by Gasteiger charge is 2.11. The Morgan fingerprint density at radius 2 is 1.88 bits per heavy atom. The summed E-state index contributed by atoms with van der Waals surface area (Å²) in [5.74, 6) is -0.385. The summed E-state index contributed by atoms with van der Waals surface area (Å²) in [7, 11) is 0. The van der Waals surface area contributed by atoms with Crippen LogP contribution in [0.2, 0.25) is 5.02 Å². The summed E-state index contributed by atoms with van der Waals surface area (Å²) < 4.78 is 0. The van der Waals surface area contributed by atoms with Crippen molar-refractivity contribution in [2.24, 2.45) is 0 Å². The van der Waals surface area contributed by atoms with Gasteiger partial charge in [-0.05, 0) is 54.8 Å². The number of aryl methyl sites for hydroxylation is 1. The van der Waals surface area contributed by atoms with E-state index in [4.69, 9.17) is 11.6 Å². The summed E-state index contributed by atoms with van der Waals surface area (Å²) >= 11 is 5.95. The summed E-state index contributed by atoms with van der Waals surface area (Å²) in [6.45, 7) is 2.42. The van der Waals surface area contributed by atoms with Gasteiger partial charge in [-0.25, -0.2) is 0 Å². The Bertz CT molecular complexity index is 995. The lowest BCUT2D eigenvalue weighted by atomic mass is 10.1. The molecule has 0 radical (unpaired) electrons. The third-order valence-corrected chi connectivity index (χ3v) is 4.31. The molecule has 0 saturated heterocycles. The van der Waals surface area contributed by atoms with E-state index in [-0.39, 0.29) is 11.5 Å². The second kappa shape index (κ2) is 8.02. The molecule has 26 heavy (non-hydrogen) atoms. The van der Waals surface area contributed by atoms with Crippen molar-refractivity contribution in [3.05, 3.63) is 92.7 Å². The normalized spacial score (nSPS) is 10.5. The van der Waals surface area contributed by atoms with Gasteiger partial charge in [0.25, 0.3) is 11.5 Å². The molecule has 0 saturated carbocycles. The fraction of sp³-hybridized carbons (Fsp3) is 0.143. The first kappa shape index (κ1) is 18.0. The van der Waals surface area contributed by atoms with Gasteiger partial charge >= 0.3 is 0 Å². The Morgan fingerprint density at radius 1 is 1.08 bits per heavy atom. The Kier molecular flexibility index (Phi) is 5.54. The minimum Gasteiger partial charge on any atom is -0.352 e. The molecule has 4 nitrogen and oxygen atoms in total. The van der Waals surface area contributed by atoms with Gasteiger partial charge in [0, 0.05) is 17.3 Å². The number of aromatic nitrogens is 1. The van der Waals surface area contributed by atoms with Crippen LogP contribution in [-0.4, -0.2) is 17.4 Å².